The van der Waals surface area contributed by atoms with Crippen molar-refractivity contribution in [2.24, 2.45) is 0 Å². The van der Waals surface area contributed by atoms with Gasteiger partial charge in [-0.1, -0.05) is 12.1 Å². The molecule has 110 valence electrons. The summed E-state index contributed by atoms with van der Waals surface area (Å²) < 4.78 is 13.5. The molecule has 2 heterocycles. The van der Waals surface area contributed by atoms with Gasteiger partial charge in [-0.25, -0.2) is 4.39 Å². The molecule has 3 rings (SSSR count). The van der Waals surface area contributed by atoms with Gasteiger partial charge in [0.2, 0.25) is 5.91 Å². The molecule has 1 aliphatic rings. The van der Waals surface area contributed by atoms with Gasteiger partial charge in [-0.05, 0) is 35.6 Å². The van der Waals surface area contributed by atoms with Crippen molar-refractivity contribution in [3.8, 4) is 0 Å². The maximum atomic E-state index is 13.5. The predicted molar refractivity (Wildman–Crippen MR) is 82.9 cm³/mol. The maximum Gasteiger partial charge on any atom is 0.225 e. The number of carbonyl (C=O) groups excluding carboxylic acids is 1. The Morgan fingerprint density at radius 2 is 2.19 bits per heavy atom. The van der Waals surface area contributed by atoms with Gasteiger partial charge in [0, 0.05) is 30.9 Å². The number of hydrogen-bond acceptors (Lipinski definition) is 3. The van der Waals surface area contributed by atoms with Crippen molar-refractivity contribution in [1.82, 2.24) is 4.90 Å². The molecule has 0 saturated heterocycles. The van der Waals surface area contributed by atoms with Gasteiger partial charge in [-0.3, -0.25) is 9.69 Å². The summed E-state index contributed by atoms with van der Waals surface area (Å²) in [5.74, 6) is -0.539. The molecule has 0 radical (unpaired) electrons. The largest absolute Gasteiger partial charge is 0.324 e. The normalized spacial score (nSPS) is 14.7. The number of nitrogens with zero attached hydrogens (tertiary/aromatic N) is 1. The lowest BCUT2D eigenvalue weighted by Crippen LogP contribution is -2.32. The van der Waals surface area contributed by atoms with Crippen LogP contribution in [-0.4, -0.2) is 23.9 Å². The average Bonchev–Trinajstić information content (AvgIpc) is 2.95. The highest BCUT2D eigenvalue weighted by Crippen LogP contribution is 2.24. The van der Waals surface area contributed by atoms with Crippen LogP contribution in [0.25, 0.3) is 0 Å². The van der Waals surface area contributed by atoms with Crippen molar-refractivity contribution >= 4 is 22.9 Å². The Kier molecular flexibility index (Phi) is 4.31. The lowest BCUT2D eigenvalue weighted by Gasteiger charge is -2.26. The number of thiophene rings is 1. The van der Waals surface area contributed by atoms with Crippen LogP contribution in [0, 0.1) is 5.82 Å². The lowest BCUT2D eigenvalue weighted by molar-refractivity contribution is -0.116. The highest BCUT2D eigenvalue weighted by molar-refractivity contribution is 7.10. The Hall–Kier alpha value is -1.72. The predicted octanol–water partition coefficient (Wildman–Crippen LogP) is 3.27. The number of para-hydroxylation sites is 1. The molecule has 1 amide bonds. The second kappa shape index (κ2) is 6.37. The van der Waals surface area contributed by atoms with Crippen LogP contribution in [0.3, 0.4) is 0 Å². The van der Waals surface area contributed by atoms with Gasteiger partial charge in [-0.2, -0.15) is 0 Å². The number of hydrogen-bond donors (Lipinski definition) is 1. The van der Waals surface area contributed by atoms with E-state index in [4.69, 9.17) is 0 Å². The minimum Gasteiger partial charge on any atom is -0.324 e. The van der Waals surface area contributed by atoms with Gasteiger partial charge in [0.15, 0.2) is 0 Å². The first-order valence-electron chi connectivity index (χ1n) is 7.04. The molecule has 0 fully saturated rings. The van der Waals surface area contributed by atoms with E-state index in [2.05, 4.69) is 21.7 Å². The summed E-state index contributed by atoms with van der Waals surface area (Å²) >= 11 is 1.81. The Labute approximate surface area is 127 Å². The quantitative estimate of drug-likeness (QED) is 0.940. The summed E-state index contributed by atoms with van der Waals surface area (Å²) in [4.78, 5) is 15.6. The fraction of sp³-hybridized carbons (Fsp3) is 0.312. The van der Waals surface area contributed by atoms with Gasteiger partial charge in [0.1, 0.15) is 5.82 Å². The summed E-state index contributed by atoms with van der Waals surface area (Å²) in [7, 11) is 0. The molecule has 0 aliphatic carbocycles. The number of fused-ring (bicyclic) bond motifs is 1. The van der Waals surface area contributed by atoms with Crippen LogP contribution >= 0.6 is 11.3 Å². The number of rotatable bonds is 4. The first-order valence-corrected chi connectivity index (χ1v) is 7.92. The zero-order chi connectivity index (χ0) is 14.7. The molecule has 0 atom stereocenters. The van der Waals surface area contributed by atoms with Crippen LogP contribution in [0.15, 0.2) is 35.7 Å². The van der Waals surface area contributed by atoms with Crippen LogP contribution in [0.4, 0.5) is 10.1 Å². The van der Waals surface area contributed by atoms with Crippen molar-refractivity contribution in [2.45, 2.75) is 19.4 Å². The maximum absolute atomic E-state index is 13.5. The minimum atomic E-state index is -0.397. The van der Waals surface area contributed by atoms with E-state index in [1.807, 2.05) is 11.3 Å². The second-order valence-corrected chi connectivity index (χ2v) is 6.17. The SMILES string of the molecule is O=C(CCN1CCc2sccc2C1)Nc1ccccc1F. The monoisotopic (exact) mass is 304 g/mol. The molecule has 0 unspecified atom stereocenters. The molecule has 3 nitrogen and oxygen atoms in total. The van der Waals surface area contributed by atoms with E-state index >= 15 is 0 Å². The van der Waals surface area contributed by atoms with Crippen LogP contribution in [0.5, 0.6) is 0 Å². The third kappa shape index (κ3) is 3.49. The third-order valence-electron chi connectivity index (χ3n) is 3.69. The standard InChI is InChI=1S/C16H17FN2OS/c17-13-3-1-2-4-14(13)18-16(20)6-9-19-8-5-15-12(11-19)7-10-21-15/h1-4,7,10H,5-6,8-9,11H2,(H,18,20). The topological polar surface area (TPSA) is 32.3 Å². The highest BCUT2D eigenvalue weighted by atomic mass is 32.1. The van der Waals surface area contributed by atoms with Crippen molar-refractivity contribution in [1.29, 1.82) is 0 Å². The summed E-state index contributed by atoms with van der Waals surface area (Å²) in [5, 5.41) is 4.75. The fourth-order valence-corrected chi connectivity index (χ4v) is 3.42. The molecule has 21 heavy (non-hydrogen) atoms. The molecule has 2 aromatic rings. The minimum absolute atomic E-state index is 0.142. The number of halogens is 1. The zero-order valence-electron chi connectivity index (χ0n) is 11.6. The van der Waals surface area contributed by atoms with Gasteiger partial charge < -0.3 is 5.32 Å². The second-order valence-electron chi connectivity index (χ2n) is 5.17. The number of carbonyl (C=O) groups is 1. The van der Waals surface area contributed by atoms with E-state index in [1.54, 1.807) is 18.2 Å². The van der Waals surface area contributed by atoms with E-state index in [0.717, 1.165) is 19.5 Å². The van der Waals surface area contributed by atoms with Gasteiger partial charge in [0.25, 0.3) is 0 Å². The number of nitrogens with one attached hydrogen (secondary N) is 1. The van der Waals surface area contributed by atoms with Gasteiger partial charge >= 0.3 is 0 Å². The molecule has 1 N–H and O–H groups in total. The van der Waals surface area contributed by atoms with E-state index in [0.29, 0.717) is 13.0 Å². The third-order valence-corrected chi connectivity index (χ3v) is 4.71. The van der Waals surface area contributed by atoms with Gasteiger partial charge in [0.05, 0.1) is 5.69 Å². The van der Waals surface area contributed by atoms with E-state index < -0.39 is 5.82 Å². The Morgan fingerprint density at radius 1 is 1.33 bits per heavy atom. The lowest BCUT2D eigenvalue weighted by atomic mass is 10.1. The molecular weight excluding hydrogens is 287 g/mol. The number of anilines is 1. The van der Waals surface area contributed by atoms with Crippen LogP contribution < -0.4 is 5.32 Å². The van der Waals surface area contributed by atoms with Crippen LogP contribution in [0.1, 0.15) is 16.9 Å². The van der Waals surface area contributed by atoms with Crippen molar-refractivity contribution in [2.75, 3.05) is 18.4 Å². The summed E-state index contributed by atoms with van der Waals surface area (Å²) in [6.45, 7) is 2.60. The molecule has 0 bridgehead atoms. The highest BCUT2D eigenvalue weighted by Gasteiger charge is 2.17. The molecule has 5 heteroatoms. The smallest absolute Gasteiger partial charge is 0.225 e. The molecule has 1 aromatic carbocycles. The van der Waals surface area contributed by atoms with E-state index in [1.165, 1.54) is 16.5 Å². The van der Waals surface area contributed by atoms with Gasteiger partial charge in [-0.15, -0.1) is 11.3 Å². The molecular formula is C16H17FN2OS. The van der Waals surface area contributed by atoms with E-state index in [9.17, 15) is 9.18 Å². The fourth-order valence-electron chi connectivity index (χ4n) is 2.53. The molecule has 1 aromatic heterocycles. The van der Waals surface area contributed by atoms with Crippen molar-refractivity contribution in [3.63, 3.8) is 0 Å². The zero-order valence-corrected chi connectivity index (χ0v) is 12.5. The molecule has 0 spiro atoms. The summed E-state index contributed by atoms with van der Waals surface area (Å²) in [6.07, 6.45) is 1.44. The summed E-state index contributed by atoms with van der Waals surface area (Å²) in [5.41, 5.74) is 1.63. The van der Waals surface area contributed by atoms with Crippen molar-refractivity contribution < 1.29 is 9.18 Å². The average molecular weight is 304 g/mol. The van der Waals surface area contributed by atoms with E-state index in [-0.39, 0.29) is 11.6 Å². The molecule has 0 saturated carbocycles. The first kappa shape index (κ1) is 14.2. The van der Waals surface area contributed by atoms with Crippen LogP contribution in [-0.2, 0) is 17.8 Å². The Balaban J connectivity index is 1.50. The number of amides is 1. The Bertz CT molecular complexity index is 641. The van der Waals surface area contributed by atoms with Crippen molar-refractivity contribution in [3.05, 3.63) is 52.0 Å². The first-order chi connectivity index (χ1) is 10.2. The number of benzene rings is 1. The summed E-state index contributed by atoms with van der Waals surface area (Å²) in [6, 6.07) is 8.40. The molecule has 1 aliphatic heterocycles. The van der Waals surface area contributed by atoms with Crippen LogP contribution in [0.2, 0.25) is 0 Å². The Morgan fingerprint density at radius 3 is 3.05 bits per heavy atom.